The molecule has 0 saturated heterocycles. The van der Waals surface area contributed by atoms with Gasteiger partial charge in [-0.15, -0.1) is 0 Å². The summed E-state index contributed by atoms with van der Waals surface area (Å²) in [6.45, 7) is 4.13. The first-order valence-corrected chi connectivity index (χ1v) is 6.03. The minimum atomic E-state index is -0.350. The van der Waals surface area contributed by atoms with Gasteiger partial charge >= 0.3 is 0 Å². The minimum absolute atomic E-state index is 0.263. The lowest BCUT2D eigenvalue weighted by atomic mass is 9.99. The largest absolute Gasteiger partial charge is 0.497 e. The van der Waals surface area contributed by atoms with Gasteiger partial charge < -0.3 is 9.84 Å². The maximum atomic E-state index is 13.6. The van der Waals surface area contributed by atoms with E-state index in [0.717, 1.165) is 6.42 Å². The normalized spacial score (nSPS) is 12.8. The monoisotopic (exact) mass is 240 g/mol. The van der Waals surface area contributed by atoms with Gasteiger partial charge in [0.2, 0.25) is 0 Å². The number of methoxy groups -OCH3 is 1. The van der Waals surface area contributed by atoms with E-state index in [2.05, 4.69) is 13.8 Å². The Bertz CT molecular complexity index is 350. The lowest BCUT2D eigenvalue weighted by Gasteiger charge is -2.13. The second-order valence-corrected chi connectivity index (χ2v) is 4.78. The lowest BCUT2D eigenvalue weighted by Crippen LogP contribution is -2.11. The van der Waals surface area contributed by atoms with Crippen molar-refractivity contribution < 1.29 is 14.2 Å². The lowest BCUT2D eigenvalue weighted by molar-refractivity contribution is 0.139. The number of ether oxygens (including phenoxy) is 1. The molecule has 2 nitrogen and oxygen atoms in total. The maximum absolute atomic E-state index is 13.6. The van der Waals surface area contributed by atoms with E-state index >= 15 is 0 Å². The number of benzene rings is 1. The van der Waals surface area contributed by atoms with Crippen LogP contribution in [0.25, 0.3) is 0 Å². The predicted octanol–water partition coefficient (Wildman–Crippen LogP) is 3.17. The van der Waals surface area contributed by atoms with E-state index in [4.69, 9.17) is 4.74 Å². The molecule has 0 radical (unpaired) electrons. The summed E-state index contributed by atoms with van der Waals surface area (Å²) in [5.41, 5.74) is 0.633. The van der Waals surface area contributed by atoms with Gasteiger partial charge in [0.25, 0.3) is 0 Å². The van der Waals surface area contributed by atoms with E-state index in [1.54, 1.807) is 12.1 Å². The molecule has 17 heavy (non-hydrogen) atoms. The zero-order valence-electron chi connectivity index (χ0n) is 10.7. The summed E-state index contributed by atoms with van der Waals surface area (Å²) in [5.74, 6) is 0.723. The zero-order valence-corrected chi connectivity index (χ0v) is 10.7. The Morgan fingerprint density at radius 3 is 2.59 bits per heavy atom. The molecular weight excluding hydrogens is 219 g/mol. The SMILES string of the molecule is COc1ccc(CCC(O)CC(C)C)c(F)c1. The van der Waals surface area contributed by atoms with Gasteiger partial charge in [-0.25, -0.2) is 4.39 Å². The summed E-state index contributed by atoms with van der Waals surface area (Å²) in [6, 6.07) is 4.84. The number of aryl methyl sites for hydroxylation is 1. The molecule has 0 saturated carbocycles. The molecule has 1 aromatic rings. The Morgan fingerprint density at radius 2 is 2.06 bits per heavy atom. The molecule has 0 aromatic heterocycles. The molecule has 96 valence electrons. The van der Waals surface area contributed by atoms with E-state index in [9.17, 15) is 9.50 Å². The Morgan fingerprint density at radius 1 is 1.35 bits per heavy atom. The van der Waals surface area contributed by atoms with Crippen molar-refractivity contribution in [2.45, 2.75) is 39.2 Å². The summed E-state index contributed by atoms with van der Waals surface area (Å²) in [5, 5.41) is 9.73. The van der Waals surface area contributed by atoms with Gasteiger partial charge in [0.15, 0.2) is 0 Å². The predicted molar refractivity (Wildman–Crippen MR) is 66.7 cm³/mol. The Labute approximate surface area is 102 Å². The molecule has 1 aromatic carbocycles. The molecule has 0 heterocycles. The Hall–Kier alpha value is -1.09. The fraction of sp³-hybridized carbons (Fsp3) is 0.571. The van der Waals surface area contributed by atoms with Gasteiger partial charge in [0, 0.05) is 6.07 Å². The van der Waals surface area contributed by atoms with Gasteiger partial charge in [-0.2, -0.15) is 0 Å². The summed E-state index contributed by atoms with van der Waals surface area (Å²) in [7, 11) is 1.51. The van der Waals surface area contributed by atoms with Crippen LogP contribution in [0.3, 0.4) is 0 Å². The van der Waals surface area contributed by atoms with E-state index < -0.39 is 0 Å². The molecule has 0 bridgehead atoms. The second-order valence-electron chi connectivity index (χ2n) is 4.78. The van der Waals surface area contributed by atoms with Crippen LogP contribution in [0.15, 0.2) is 18.2 Å². The first kappa shape index (κ1) is 14.0. The standard InChI is InChI=1S/C14H21FO2/c1-10(2)8-12(16)6-4-11-5-7-13(17-3)9-14(11)15/h5,7,9-10,12,16H,4,6,8H2,1-3H3. The van der Waals surface area contributed by atoms with Crippen LogP contribution in [0.1, 0.15) is 32.3 Å². The fourth-order valence-corrected chi connectivity index (χ4v) is 1.84. The van der Waals surface area contributed by atoms with Gasteiger partial charge in [0.05, 0.1) is 13.2 Å². The van der Waals surface area contributed by atoms with E-state index in [-0.39, 0.29) is 11.9 Å². The molecular formula is C14H21FO2. The van der Waals surface area contributed by atoms with Crippen LogP contribution < -0.4 is 4.74 Å². The topological polar surface area (TPSA) is 29.5 Å². The first-order chi connectivity index (χ1) is 8.02. The van der Waals surface area contributed by atoms with Crippen molar-refractivity contribution in [3.05, 3.63) is 29.6 Å². The second kappa shape index (κ2) is 6.60. The first-order valence-electron chi connectivity index (χ1n) is 6.03. The van der Waals surface area contributed by atoms with E-state index in [0.29, 0.717) is 30.1 Å². The van der Waals surface area contributed by atoms with Crippen LogP contribution >= 0.6 is 0 Å². The molecule has 1 atom stereocenters. The van der Waals surface area contributed by atoms with Crippen LogP contribution in [0, 0.1) is 11.7 Å². The smallest absolute Gasteiger partial charge is 0.130 e. The van der Waals surface area contributed by atoms with Gasteiger partial charge in [-0.05, 0) is 36.8 Å². The van der Waals surface area contributed by atoms with Crippen molar-refractivity contribution in [2.24, 2.45) is 5.92 Å². The van der Waals surface area contributed by atoms with Crippen molar-refractivity contribution in [2.75, 3.05) is 7.11 Å². The average molecular weight is 240 g/mol. The number of hydrogen-bond donors (Lipinski definition) is 1. The molecule has 0 amide bonds. The average Bonchev–Trinajstić information content (AvgIpc) is 2.26. The zero-order chi connectivity index (χ0) is 12.8. The van der Waals surface area contributed by atoms with Crippen LogP contribution in [-0.2, 0) is 6.42 Å². The minimum Gasteiger partial charge on any atom is -0.497 e. The maximum Gasteiger partial charge on any atom is 0.130 e. The highest BCUT2D eigenvalue weighted by Crippen LogP contribution is 2.19. The van der Waals surface area contributed by atoms with Crippen molar-refractivity contribution in [1.29, 1.82) is 0 Å². The van der Waals surface area contributed by atoms with Crippen LogP contribution in [0.2, 0.25) is 0 Å². The van der Waals surface area contributed by atoms with Crippen LogP contribution in [-0.4, -0.2) is 18.3 Å². The number of aliphatic hydroxyl groups is 1. The highest BCUT2D eigenvalue weighted by Gasteiger charge is 2.09. The number of hydrogen-bond acceptors (Lipinski definition) is 2. The fourth-order valence-electron chi connectivity index (χ4n) is 1.84. The van der Waals surface area contributed by atoms with Gasteiger partial charge in [0.1, 0.15) is 11.6 Å². The van der Waals surface area contributed by atoms with E-state index in [1.165, 1.54) is 13.2 Å². The van der Waals surface area contributed by atoms with Crippen molar-refractivity contribution in [3.63, 3.8) is 0 Å². The molecule has 1 N–H and O–H groups in total. The molecule has 0 aliphatic heterocycles. The summed E-state index contributed by atoms with van der Waals surface area (Å²) >= 11 is 0. The molecule has 0 fully saturated rings. The van der Waals surface area contributed by atoms with Crippen molar-refractivity contribution in [3.8, 4) is 5.75 Å². The summed E-state index contributed by atoms with van der Waals surface area (Å²) in [6.07, 6.45) is 1.57. The Kier molecular flexibility index (Phi) is 5.42. The molecule has 0 aliphatic carbocycles. The van der Waals surface area contributed by atoms with Crippen molar-refractivity contribution >= 4 is 0 Å². The third-order valence-corrected chi connectivity index (χ3v) is 2.75. The van der Waals surface area contributed by atoms with E-state index in [1.807, 2.05) is 0 Å². The van der Waals surface area contributed by atoms with Crippen LogP contribution in [0.5, 0.6) is 5.75 Å². The third kappa shape index (κ3) is 4.73. The van der Waals surface area contributed by atoms with Gasteiger partial charge in [-0.1, -0.05) is 19.9 Å². The highest BCUT2D eigenvalue weighted by molar-refractivity contribution is 5.28. The van der Waals surface area contributed by atoms with Crippen molar-refractivity contribution in [1.82, 2.24) is 0 Å². The molecule has 1 unspecified atom stereocenters. The molecule has 3 heteroatoms. The molecule has 1 rings (SSSR count). The Balaban J connectivity index is 2.51. The third-order valence-electron chi connectivity index (χ3n) is 2.75. The summed E-state index contributed by atoms with van der Waals surface area (Å²) < 4.78 is 18.5. The molecule has 0 aliphatic rings. The number of halogens is 1. The van der Waals surface area contributed by atoms with Crippen LogP contribution in [0.4, 0.5) is 4.39 Å². The summed E-state index contributed by atoms with van der Waals surface area (Å²) in [4.78, 5) is 0. The number of rotatable bonds is 6. The highest BCUT2D eigenvalue weighted by atomic mass is 19.1. The quantitative estimate of drug-likeness (QED) is 0.827. The molecule has 0 spiro atoms. The van der Waals surface area contributed by atoms with Gasteiger partial charge in [-0.3, -0.25) is 0 Å². The number of aliphatic hydroxyl groups excluding tert-OH is 1.